The average Bonchev–Trinajstić information content (AvgIpc) is 3.55. The minimum Gasteiger partial charge on any atom is -0.461 e. The number of hydrogen-bond donors (Lipinski definition) is 2. The molecule has 0 bridgehead atoms. The van der Waals surface area contributed by atoms with E-state index in [1.54, 1.807) is 0 Å². The van der Waals surface area contributed by atoms with Crippen molar-refractivity contribution < 1.29 is 31.4 Å². The third-order valence-corrected chi connectivity index (χ3v) is 9.60. The number of halogens is 5. The molecule has 8 nitrogen and oxygen atoms in total. The predicted octanol–water partition coefficient (Wildman–Crippen LogP) is 3.84. The number of nitrogens with one attached hydrogen (secondary N) is 1. The van der Waals surface area contributed by atoms with Gasteiger partial charge < -0.3 is 25.4 Å². The fourth-order valence-corrected chi connectivity index (χ4v) is 7.66. The summed E-state index contributed by atoms with van der Waals surface area (Å²) in [5.74, 6) is -0.503. The fourth-order valence-electron chi connectivity index (χ4n) is 7.66. The highest BCUT2D eigenvalue weighted by atomic mass is 19.4. The number of nitrogens with two attached hydrogens (primary N) is 1. The Labute approximate surface area is 234 Å². The molecule has 4 fully saturated rings. The molecule has 2 aromatic rings. The maximum absolute atomic E-state index is 15.3. The summed E-state index contributed by atoms with van der Waals surface area (Å²) >= 11 is 0. The first-order valence-corrected chi connectivity index (χ1v) is 14.2. The van der Waals surface area contributed by atoms with Gasteiger partial charge in [0, 0.05) is 49.1 Å². The Balaban J connectivity index is 1.24. The molecule has 7 rings (SSSR count). The zero-order valence-electron chi connectivity index (χ0n) is 22.7. The van der Waals surface area contributed by atoms with E-state index in [0.29, 0.717) is 36.1 Å². The van der Waals surface area contributed by atoms with Gasteiger partial charge in [-0.1, -0.05) is 0 Å². The van der Waals surface area contributed by atoms with Crippen LogP contribution in [0.4, 0.5) is 33.5 Å². The van der Waals surface area contributed by atoms with Crippen LogP contribution in [0.3, 0.4) is 0 Å². The van der Waals surface area contributed by atoms with Crippen LogP contribution in [0, 0.1) is 12.7 Å². The Morgan fingerprint density at radius 2 is 2.10 bits per heavy atom. The highest BCUT2D eigenvalue weighted by Gasteiger charge is 2.50. The molecule has 222 valence electrons. The van der Waals surface area contributed by atoms with Crippen molar-refractivity contribution in [3.63, 3.8) is 0 Å². The van der Waals surface area contributed by atoms with Gasteiger partial charge in [0.25, 0.3) is 0 Å². The number of alkyl halides is 4. The molecule has 6 heterocycles. The smallest absolute Gasteiger partial charge is 0.417 e. The normalized spacial score (nSPS) is 31.1. The summed E-state index contributed by atoms with van der Waals surface area (Å²) in [5.41, 5.74) is 4.26. The molecule has 0 saturated carbocycles. The molecule has 0 aliphatic carbocycles. The third kappa shape index (κ3) is 4.42. The van der Waals surface area contributed by atoms with Gasteiger partial charge in [-0.3, -0.25) is 4.90 Å². The van der Waals surface area contributed by atoms with Crippen LogP contribution in [0.25, 0.3) is 0 Å². The monoisotopic (exact) mass is 580 g/mol. The van der Waals surface area contributed by atoms with Gasteiger partial charge in [-0.2, -0.15) is 23.1 Å². The fraction of sp³-hybridized carbons (Fsp3) is 0.643. The third-order valence-electron chi connectivity index (χ3n) is 9.60. The Morgan fingerprint density at radius 3 is 2.88 bits per heavy atom. The van der Waals surface area contributed by atoms with Crippen LogP contribution in [0.5, 0.6) is 6.01 Å². The van der Waals surface area contributed by atoms with E-state index in [4.69, 9.17) is 20.2 Å². The second-order valence-corrected chi connectivity index (χ2v) is 12.1. The lowest BCUT2D eigenvalue weighted by atomic mass is 9.90. The second-order valence-electron chi connectivity index (χ2n) is 12.1. The Bertz CT molecular complexity index is 1370. The van der Waals surface area contributed by atoms with Crippen molar-refractivity contribution in [1.29, 1.82) is 0 Å². The molecule has 13 heteroatoms. The topological polar surface area (TPSA) is 88.8 Å². The van der Waals surface area contributed by atoms with E-state index in [1.807, 2.05) is 0 Å². The van der Waals surface area contributed by atoms with Crippen LogP contribution in [-0.2, 0) is 23.9 Å². The van der Waals surface area contributed by atoms with E-state index in [2.05, 4.69) is 20.1 Å². The molecular weight excluding hydrogens is 547 g/mol. The van der Waals surface area contributed by atoms with Crippen molar-refractivity contribution >= 4 is 11.5 Å². The molecule has 0 radical (unpaired) electrons. The lowest BCUT2D eigenvalue weighted by Gasteiger charge is -2.46. The van der Waals surface area contributed by atoms with E-state index in [-0.39, 0.29) is 42.9 Å². The van der Waals surface area contributed by atoms with E-state index >= 15 is 4.39 Å². The van der Waals surface area contributed by atoms with E-state index < -0.39 is 40.9 Å². The molecular formula is C28H33F5N6O2. The number of rotatable bonds is 5. The maximum atomic E-state index is 15.3. The molecule has 1 aromatic carbocycles. The molecule has 3 N–H and O–H groups in total. The summed E-state index contributed by atoms with van der Waals surface area (Å²) < 4.78 is 84.0. The summed E-state index contributed by atoms with van der Waals surface area (Å²) in [4.78, 5) is 13.7. The average molecular weight is 581 g/mol. The van der Waals surface area contributed by atoms with Crippen molar-refractivity contribution in [2.75, 3.05) is 43.4 Å². The van der Waals surface area contributed by atoms with Gasteiger partial charge in [0.05, 0.1) is 35.2 Å². The molecule has 5 aliphatic heterocycles. The molecule has 1 unspecified atom stereocenters. The predicted molar refractivity (Wildman–Crippen MR) is 140 cm³/mol. The number of aromatic nitrogens is 2. The highest BCUT2D eigenvalue weighted by Crippen LogP contribution is 2.46. The summed E-state index contributed by atoms with van der Waals surface area (Å²) in [6.45, 7) is 4.21. The lowest BCUT2D eigenvalue weighted by molar-refractivity contribution is -0.140. The van der Waals surface area contributed by atoms with Crippen LogP contribution in [0.15, 0.2) is 6.07 Å². The van der Waals surface area contributed by atoms with Crippen molar-refractivity contribution in [1.82, 2.24) is 20.2 Å². The lowest BCUT2D eigenvalue weighted by Crippen LogP contribution is -2.61. The van der Waals surface area contributed by atoms with E-state index in [9.17, 15) is 17.6 Å². The number of benzene rings is 1. The van der Waals surface area contributed by atoms with Gasteiger partial charge >= 0.3 is 12.2 Å². The zero-order chi connectivity index (χ0) is 28.7. The summed E-state index contributed by atoms with van der Waals surface area (Å²) in [6, 6.07) is 1.66. The van der Waals surface area contributed by atoms with Crippen molar-refractivity contribution in [3.8, 4) is 6.01 Å². The van der Waals surface area contributed by atoms with E-state index in [1.165, 1.54) is 6.92 Å². The summed E-state index contributed by atoms with van der Waals surface area (Å²) in [7, 11) is 0. The minimum atomic E-state index is -4.80. The Hall–Kier alpha value is -2.77. The van der Waals surface area contributed by atoms with Crippen molar-refractivity contribution in [2.24, 2.45) is 0 Å². The van der Waals surface area contributed by atoms with Gasteiger partial charge in [0.15, 0.2) is 5.82 Å². The van der Waals surface area contributed by atoms with Crippen molar-refractivity contribution in [3.05, 3.63) is 39.8 Å². The number of nitrogen functional groups attached to an aromatic ring is 1. The standard InChI is InChI=1S/C28H33F5N6O2/c1-14-7-17(34)24(30)22(23(14)28(31,32)33)21-8-18-16(12-40-21)25(39-11-19-20(39)3-5-35-19)37-26(36-18)41-13-27-4-2-6-38(27)10-15(29)9-27/h7,15,19-21,35H,2-6,8-13,34H2,1H3/t15-,19+,20+,21?,27+/m1/s1. The number of nitrogens with zero attached hydrogens (tertiary/aromatic N) is 4. The van der Waals surface area contributed by atoms with Crippen LogP contribution in [0.2, 0.25) is 0 Å². The Kier molecular flexibility index (Phi) is 6.36. The van der Waals surface area contributed by atoms with Crippen LogP contribution < -0.4 is 20.7 Å². The first-order chi connectivity index (χ1) is 19.5. The Morgan fingerprint density at radius 1 is 1.27 bits per heavy atom. The van der Waals surface area contributed by atoms with Gasteiger partial charge in [0.1, 0.15) is 18.6 Å². The number of anilines is 2. The van der Waals surface area contributed by atoms with E-state index in [0.717, 1.165) is 45.0 Å². The molecule has 0 amide bonds. The van der Waals surface area contributed by atoms with Crippen molar-refractivity contribution in [2.45, 2.75) is 81.7 Å². The summed E-state index contributed by atoms with van der Waals surface area (Å²) in [5, 5.41) is 3.46. The van der Waals surface area contributed by atoms with Gasteiger partial charge in [-0.05, 0) is 50.9 Å². The zero-order valence-corrected chi connectivity index (χ0v) is 22.7. The van der Waals surface area contributed by atoms with Crippen LogP contribution in [0.1, 0.15) is 59.7 Å². The quantitative estimate of drug-likeness (QED) is 0.408. The number of hydrogen-bond acceptors (Lipinski definition) is 8. The maximum Gasteiger partial charge on any atom is 0.417 e. The first-order valence-electron chi connectivity index (χ1n) is 14.2. The molecule has 1 aromatic heterocycles. The summed E-state index contributed by atoms with van der Waals surface area (Å²) in [6.07, 6.45) is -3.97. The molecule has 0 spiro atoms. The van der Waals surface area contributed by atoms with Gasteiger partial charge in [-0.15, -0.1) is 0 Å². The molecule has 41 heavy (non-hydrogen) atoms. The minimum absolute atomic E-state index is 0.0806. The van der Waals surface area contributed by atoms with Crippen LogP contribution in [-0.4, -0.2) is 71.4 Å². The van der Waals surface area contributed by atoms with Gasteiger partial charge in [0.2, 0.25) is 0 Å². The highest BCUT2D eigenvalue weighted by molar-refractivity contribution is 5.57. The number of aryl methyl sites for hydroxylation is 1. The SMILES string of the molecule is Cc1cc(N)c(F)c(C2Cc3nc(OC[C@@]45CCCN4C[C@H](F)C5)nc(N4C[C@@H]5NCC[C@@H]54)c3CO2)c1C(F)(F)F. The molecule has 5 atom stereocenters. The van der Waals surface area contributed by atoms with Crippen LogP contribution >= 0.6 is 0 Å². The first kappa shape index (κ1) is 27.1. The number of fused-ring (bicyclic) bond motifs is 3. The largest absolute Gasteiger partial charge is 0.461 e. The second kappa shape index (κ2) is 9.63. The molecule has 5 aliphatic rings. The van der Waals surface area contributed by atoms with Gasteiger partial charge in [-0.25, -0.2) is 8.78 Å². The number of ether oxygens (including phenoxy) is 2. The molecule has 4 saturated heterocycles.